The highest BCUT2D eigenvalue weighted by Crippen LogP contribution is 2.40. The van der Waals surface area contributed by atoms with Crippen LogP contribution in [0.15, 0.2) is 24.3 Å². The van der Waals surface area contributed by atoms with E-state index in [-0.39, 0.29) is 36.5 Å². The van der Waals surface area contributed by atoms with Gasteiger partial charge >= 0.3 is 5.97 Å². The van der Waals surface area contributed by atoms with Crippen LogP contribution >= 0.6 is 0 Å². The van der Waals surface area contributed by atoms with Gasteiger partial charge in [0, 0.05) is 24.4 Å². The molecule has 1 N–H and O–H groups in total. The van der Waals surface area contributed by atoms with Gasteiger partial charge in [0.15, 0.2) is 5.78 Å². The van der Waals surface area contributed by atoms with E-state index in [1.165, 1.54) is 0 Å². The van der Waals surface area contributed by atoms with E-state index in [0.29, 0.717) is 24.3 Å². The molecule has 1 saturated heterocycles. The minimum absolute atomic E-state index is 0.0212. The third-order valence-electron chi connectivity index (χ3n) is 5.71. The molecular formula is C21H27NO5. The number of fused-ring (bicyclic) bond motifs is 1. The number of rotatable bonds is 7. The van der Waals surface area contributed by atoms with Crippen molar-refractivity contribution in [2.24, 2.45) is 5.92 Å². The third-order valence-corrected chi connectivity index (χ3v) is 5.71. The highest BCUT2D eigenvalue weighted by Gasteiger charge is 2.47. The molecule has 1 saturated carbocycles. The van der Waals surface area contributed by atoms with Crippen LogP contribution in [0.25, 0.3) is 0 Å². The molecule has 1 heterocycles. The van der Waals surface area contributed by atoms with E-state index in [1.807, 2.05) is 6.92 Å². The second-order valence-corrected chi connectivity index (χ2v) is 7.38. The van der Waals surface area contributed by atoms with Crippen molar-refractivity contribution in [3.63, 3.8) is 0 Å². The first-order valence-corrected chi connectivity index (χ1v) is 9.81. The summed E-state index contributed by atoms with van der Waals surface area (Å²) in [6.45, 7) is 2.45. The summed E-state index contributed by atoms with van der Waals surface area (Å²) >= 11 is 0. The lowest BCUT2D eigenvalue weighted by atomic mass is 9.84. The molecule has 3 unspecified atom stereocenters. The van der Waals surface area contributed by atoms with Crippen LogP contribution in [-0.2, 0) is 9.59 Å². The zero-order valence-electron chi connectivity index (χ0n) is 15.7. The number of carbonyl (C=O) groups is 3. The number of aliphatic carboxylic acids is 1. The van der Waals surface area contributed by atoms with E-state index >= 15 is 0 Å². The molecule has 0 bridgehead atoms. The highest BCUT2D eigenvalue weighted by atomic mass is 16.5. The lowest BCUT2D eigenvalue weighted by molar-refractivity contribution is -0.149. The van der Waals surface area contributed by atoms with E-state index in [1.54, 1.807) is 29.2 Å². The summed E-state index contributed by atoms with van der Waals surface area (Å²) in [6, 6.07) is 6.16. The zero-order chi connectivity index (χ0) is 19.4. The molecule has 1 aliphatic carbocycles. The summed E-state index contributed by atoms with van der Waals surface area (Å²) in [5, 5.41) is 9.53. The number of carboxylic acids is 1. The number of hydrogen-bond donors (Lipinski definition) is 1. The summed E-state index contributed by atoms with van der Waals surface area (Å²) in [6.07, 6.45) is 4.68. The van der Waals surface area contributed by atoms with Crippen LogP contribution in [0.1, 0.15) is 62.2 Å². The first-order chi connectivity index (χ1) is 13.0. The Morgan fingerprint density at radius 2 is 1.81 bits per heavy atom. The Kier molecular flexibility index (Phi) is 6.14. The predicted molar refractivity (Wildman–Crippen MR) is 99.8 cm³/mol. The van der Waals surface area contributed by atoms with Crippen molar-refractivity contribution < 1.29 is 24.2 Å². The van der Waals surface area contributed by atoms with Crippen molar-refractivity contribution in [2.45, 2.75) is 64.0 Å². The number of nitrogens with zero attached hydrogens (tertiary/aromatic N) is 1. The van der Waals surface area contributed by atoms with E-state index in [9.17, 15) is 19.5 Å². The molecule has 1 aromatic carbocycles. The van der Waals surface area contributed by atoms with Crippen molar-refractivity contribution >= 4 is 17.7 Å². The molecule has 6 nitrogen and oxygen atoms in total. The highest BCUT2D eigenvalue weighted by molar-refractivity contribution is 5.98. The predicted octanol–water partition coefficient (Wildman–Crippen LogP) is 3.29. The zero-order valence-corrected chi connectivity index (χ0v) is 15.7. The van der Waals surface area contributed by atoms with Crippen LogP contribution in [-0.4, -0.2) is 46.4 Å². The number of Topliss-reactive ketones (excluding diaryl/α,β-unsaturated/α-hetero) is 1. The number of carboxylic acid groups (broad SMARTS) is 1. The van der Waals surface area contributed by atoms with Gasteiger partial charge in [0.05, 0.1) is 6.61 Å². The molecule has 1 aliphatic heterocycles. The smallest absolute Gasteiger partial charge is 0.326 e. The molecule has 6 heteroatoms. The largest absolute Gasteiger partial charge is 0.494 e. The van der Waals surface area contributed by atoms with Gasteiger partial charge in [-0.05, 0) is 56.4 Å². The second kappa shape index (κ2) is 8.55. The van der Waals surface area contributed by atoms with E-state index in [0.717, 1.165) is 25.7 Å². The molecule has 0 aromatic heterocycles. The molecule has 1 amide bonds. The molecule has 2 aliphatic rings. The quantitative estimate of drug-likeness (QED) is 0.742. The van der Waals surface area contributed by atoms with E-state index in [2.05, 4.69) is 0 Å². The van der Waals surface area contributed by atoms with Crippen LogP contribution in [0.4, 0.5) is 0 Å². The molecule has 3 atom stereocenters. The van der Waals surface area contributed by atoms with Gasteiger partial charge in [-0.1, -0.05) is 12.8 Å². The van der Waals surface area contributed by atoms with Gasteiger partial charge in [0.1, 0.15) is 11.8 Å². The van der Waals surface area contributed by atoms with Crippen molar-refractivity contribution in [3.8, 4) is 5.75 Å². The van der Waals surface area contributed by atoms with Crippen LogP contribution in [0.2, 0.25) is 0 Å². The average Bonchev–Trinajstić information content (AvgIpc) is 3.07. The van der Waals surface area contributed by atoms with Gasteiger partial charge in [-0.2, -0.15) is 0 Å². The third kappa shape index (κ3) is 4.31. The van der Waals surface area contributed by atoms with E-state index < -0.39 is 12.0 Å². The SMILES string of the molecule is CCOc1ccc(C(=O)CCC(=O)N2C(C(=O)O)CC3CCCCC32)cc1. The van der Waals surface area contributed by atoms with Gasteiger partial charge in [0.25, 0.3) is 0 Å². The number of hydrogen-bond acceptors (Lipinski definition) is 4. The summed E-state index contributed by atoms with van der Waals surface area (Å²) in [5.41, 5.74) is 0.540. The van der Waals surface area contributed by atoms with Crippen LogP contribution < -0.4 is 4.74 Å². The standard InChI is InChI=1S/C21H27NO5/c1-2-27-16-9-7-14(8-10-16)19(23)11-12-20(24)22-17-6-4-3-5-15(17)13-18(22)21(25)26/h7-10,15,17-18H,2-6,11-13H2,1H3,(H,25,26). The molecular weight excluding hydrogens is 346 g/mol. The summed E-state index contributed by atoms with van der Waals surface area (Å²) < 4.78 is 5.36. The first kappa shape index (κ1) is 19.4. The van der Waals surface area contributed by atoms with Crippen LogP contribution in [0, 0.1) is 5.92 Å². The fourth-order valence-electron chi connectivity index (χ4n) is 4.44. The van der Waals surface area contributed by atoms with Crippen molar-refractivity contribution in [3.05, 3.63) is 29.8 Å². The number of ketones is 1. The molecule has 146 valence electrons. The Bertz CT molecular complexity index is 699. The molecule has 0 radical (unpaired) electrons. The van der Waals surface area contributed by atoms with Crippen molar-refractivity contribution in [2.75, 3.05) is 6.61 Å². The van der Waals surface area contributed by atoms with Crippen molar-refractivity contribution in [1.29, 1.82) is 0 Å². The van der Waals surface area contributed by atoms with Crippen molar-refractivity contribution in [1.82, 2.24) is 4.90 Å². The summed E-state index contributed by atoms with van der Waals surface area (Å²) in [7, 11) is 0. The Labute approximate surface area is 159 Å². The summed E-state index contributed by atoms with van der Waals surface area (Å²) in [5.74, 6) is -0.273. The number of carbonyl (C=O) groups excluding carboxylic acids is 2. The van der Waals surface area contributed by atoms with E-state index in [4.69, 9.17) is 4.74 Å². The maximum atomic E-state index is 12.8. The average molecular weight is 373 g/mol. The lowest BCUT2D eigenvalue weighted by Crippen LogP contribution is -2.46. The fraction of sp³-hybridized carbons (Fsp3) is 0.571. The Morgan fingerprint density at radius 3 is 2.48 bits per heavy atom. The second-order valence-electron chi connectivity index (χ2n) is 7.38. The first-order valence-electron chi connectivity index (χ1n) is 9.81. The molecule has 0 spiro atoms. The molecule has 27 heavy (non-hydrogen) atoms. The molecule has 2 fully saturated rings. The normalized spacial score (nSPS) is 24.3. The van der Waals surface area contributed by atoms with Gasteiger partial charge in [0.2, 0.25) is 5.91 Å². The molecule has 3 rings (SSSR count). The van der Waals surface area contributed by atoms with Gasteiger partial charge < -0.3 is 14.7 Å². The van der Waals surface area contributed by atoms with Gasteiger partial charge in [-0.15, -0.1) is 0 Å². The lowest BCUT2D eigenvalue weighted by Gasteiger charge is -2.33. The minimum Gasteiger partial charge on any atom is -0.494 e. The van der Waals surface area contributed by atoms with Gasteiger partial charge in [-0.25, -0.2) is 4.79 Å². The van der Waals surface area contributed by atoms with Crippen LogP contribution in [0.3, 0.4) is 0 Å². The maximum absolute atomic E-state index is 12.8. The Hall–Kier alpha value is -2.37. The summed E-state index contributed by atoms with van der Waals surface area (Å²) in [4.78, 5) is 38.4. The number of amides is 1. The number of benzene rings is 1. The number of ether oxygens (including phenoxy) is 1. The Balaban J connectivity index is 1.61. The topological polar surface area (TPSA) is 83.9 Å². The van der Waals surface area contributed by atoms with Crippen LogP contribution in [0.5, 0.6) is 5.75 Å². The monoisotopic (exact) mass is 373 g/mol. The van der Waals surface area contributed by atoms with Gasteiger partial charge in [-0.3, -0.25) is 9.59 Å². The Morgan fingerprint density at radius 1 is 1.11 bits per heavy atom. The fourth-order valence-corrected chi connectivity index (χ4v) is 4.44. The maximum Gasteiger partial charge on any atom is 0.326 e. The number of likely N-dealkylation sites (tertiary alicyclic amines) is 1. The molecule has 1 aromatic rings. The minimum atomic E-state index is -0.935.